The van der Waals surface area contributed by atoms with Crippen LogP contribution in [0.25, 0.3) is 43.4 Å². The Labute approximate surface area is 256 Å². The van der Waals surface area contributed by atoms with Crippen molar-refractivity contribution in [2.45, 2.75) is 12.3 Å². The fraction of sp³-hybridized carbons (Fsp3) is 0.0500. The molecule has 2 unspecified atom stereocenters. The zero-order valence-electron chi connectivity index (χ0n) is 24.1. The van der Waals surface area contributed by atoms with E-state index in [2.05, 4.69) is 96.3 Å². The van der Waals surface area contributed by atoms with E-state index < -0.39 is 12.3 Å². The second-order valence-corrected chi connectivity index (χ2v) is 10.9. The fourth-order valence-corrected chi connectivity index (χ4v) is 5.94. The summed E-state index contributed by atoms with van der Waals surface area (Å²) >= 11 is 0. The van der Waals surface area contributed by atoms with Crippen molar-refractivity contribution < 1.29 is 0 Å². The van der Waals surface area contributed by atoms with Gasteiger partial charge in [-0.3, -0.25) is 10.3 Å². The minimum Gasteiger partial charge on any atom is -0.312 e. The van der Waals surface area contributed by atoms with Crippen molar-refractivity contribution in [3.63, 3.8) is 0 Å². The summed E-state index contributed by atoms with van der Waals surface area (Å²) < 4.78 is 0. The molecule has 7 rings (SSSR count). The molecule has 0 spiro atoms. The first-order chi connectivity index (χ1) is 21.7. The van der Waals surface area contributed by atoms with Crippen LogP contribution in [0.2, 0.25) is 0 Å². The van der Waals surface area contributed by atoms with E-state index >= 15 is 0 Å². The summed E-state index contributed by atoms with van der Waals surface area (Å²) in [6.07, 6.45) is 1.16. The molecule has 210 valence electrons. The molecule has 0 amide bonds. The topological polar surface area (TPSA) is 74.2 Å². The molecule has 7 aromatic rings. The Morgan fingerprint density at radius 1 is 0.614 bits per heavy atom. The van der Waals surface area contributed by atoms with E-state index in [-0.39, 0.29) is 0 Å². The van der Waals surface area contributed by atoms with E-state index in [9.17, 15) is 5.26 Å². The molecule has 0 saturated carbocycles. The highest BCUT2D eigenvalue weighted by molar-refractivity contribution is 6.21. The highest BCUT2D eigenvalue weighted by Gasteiger charge is 2.17. The van der Waals surface area contributed by atoms with E-state index in [0.717, 1.165) is 33.2 Å². The summed E-state index contributed by atoms with van der Waals surface area (Å²) in [7, 11) is 0. The van der Waals surface area contributed by atoms with Gasteiger partial charge in [-0.1, -0.05) is 121 Å². The molecule has 0 aliphatic heterocycles. The Kier molecular flexibility index (Phi) is 7.40. The van der Waals surface area contributed by atoms with E-state index in [1.54, 1.807) is 0 Å². The van der Waals surface area contributed by atoms with Gasteiger partial charge in [0.15, 0.2) is 0 Å². The predicted molar refractivity (Wildman–Crippen MR) is 182 cm³/mol. The maximum absolute atomic E-state index is 9.25. The number of nitrogens with zero attached hydrogens (tertiary/aromatic N) is 2. The number of rotatable bonds is 7. The molecular formula is C40H30N4. The maximum atomic E-state index is 9.25. The molecule has 0 saturated heterocycles. The number of nitrogens with two attached hydrogens (primary N) is 1. The summed E-state index contributed by atoms with van der Waals surface area (Å²) in [6.45, 7) is 0. The SMILES string of the molecule is N#Cc1ccc(-c2cccc(C(/N=C/c3c4ccccc4cc4ccc5ccccc5c34)NC(N)c3ccccc3)c2)cc1. The van der Waals surface area contributed by atoms with Gasteiger partial charge in [0.25, 0.3) is 0 Å². The Balaban J connectivity index is 1.37. The molecule has 0 aliphatic carbocycles. The van der Waals surface area contributed by atoms with Crippen LogP contribution in [0.5, 0.6) is 0 Å². The number of fused-ring (bicyclic) bond motifs is 4. The summed E-state index contributed by atoms with van der Waals surface area (Å²) in [4.78, 5) is 5.24. The number of aliphatic imine (C=N–C) groups is 1. The molecule has 0 heterocycles. The van der Waals surface area contributed by atoms with Gasteiger partial charge in [0.1, 0.15) is 6.17 Å². The Bertz CT molecular complexity index is 2180. The summed E-state index contributed by atoms with van der Waals surface area (Å²) in [5, 5.41) is 19.9. The van der Waals surface area contributed by atoms with Crippen LogP contribution in [0, 0.1) is 11.3 Å². The van der Waals surface area contributed by atoms with Crippen molar-refractivity contribution >= 4 is 38.5 Å². The van der Waals surface area contributed by atoms with Crippen LogP contribution in [-0.2, 0) is 0 Å². The molecule has 0 bridgehead atoms. The van der Waals surface area contributed by atoms with Crippen LogP contribution in [-0.4, -0.2) is 6.21 Å². The van der Waals surface area contributed by atoms with Gasteiger partial charge < -0.3 is 5.73 Å². The van der Waals surface area contributed by atoms with Crippen molar-refractivity contribution in [1.82, 2.24) is 5.32 Å². The Morgan fingerprint density at radius 2 is 1.30 bits per heavy atom. The molecule has 3 N–H and O–H groups in total. The van der Waals surface area contributed by atoms with Gasteiger partial charge in [0.2, 0.25) is 0 Å². The van der Waals surface area contributed by atoms with E-state index in [4.69, 9.17) is 10.7 Å². The number of hydrogen-bond donors (Lipinski definition) is 2. The molecular weight excluding hydrogens is 536 g/mol. The zero-order valence-corrected chi connectivity index (χ0v) is 24.1. The minimum atomic E-state index is -0.429. The summed E-state index contributed by atoms with van der Waals surface area (Å²) in [5.41, 5.74) is 12.5. The van der Waals surface area contributed by atoms with Crippen molar-refractivity contribution in [2.75, 3.05) is 0 Å². The number of hydrogen-bond acceptors (Lipinski definition) is 4. The lowest BCUT2D eigenvalue weighted by Gasteiger charge is -2.22. The zero-order chi connectivity index (χ0) is 29.9. The third-order valence-electron chi connectivity index (χ3n) is 8.19. The van der Waals surface area contributed by atoms with Gasteiger partial charge in [0, 0.05) is 11.8 Å². The van der Waals surface area contributed by atoms with Gasteiger partial charge in [-0.2, -0.15) is 5.26 Å². The number of benzene rings is 7. The molecule has 4 heteroatoms. The Morgan fingerprint density at radius 3 is 2.09 bits per heavy atom. The first-order valence-electron chi connectivity index (χ1n) is 14.7. The largest absolute Gasteiger partial charge is 0.312 e. The van der Waals surface area contributed by atoms with Crippen molar-refractivity contribution in [2.24, 2.45) is 10.7 Å². The minimum absolute atomic E-state index is 0.424. The summed E-state index contributed by atoms with van der Waals surface area (Å²) in [5.74, 6) is 0. The first-order valence-corrected chi connectivity index (χ1v) is 14.7. The second kappa shape index (κ2) is 11.9. The van der Waals surface area contributed by atoms with Crippen LogP contribution >= 0.6 is 0 Å². The van der Waals surface area contributed by atoms with Crippen LogP contribution < -0.4 is 11.1 Å². The average Bonchev–Trinajstić information content (AvgIpc) is 3.09. The predicted octanol–water partition coefficient (Wildman–Crippen LogP) is 9.05. The lowest BCUT2D eigenvalue weighted by atomic mass is 9.93. The van der Waals surface area contributed by atoms with Crippen molar-refractivity contribution in [3.8, 4) is 17.2 Å². The first kappa shape index (κ1) is 27.2. The Hall–Kier alpha value is -5.60. The second-order valence-electron chi connectivity index (χ2n) is 10.9. The fourth-order valence-electron chi connectivity index (χ4n) is 5.94. The van der Waals surface area contributed by atoms with Gasteiger partial charge in [-0.05, 0) is 78.8 Å². The van der Waals surface area contributed by atoms with Crippen molar-refractivity contribution in [1.29, 1.82) is 5.26 Å². The van der Waals surface area contributed by atoms with Crippen LogP contribution in [0.15, 0.2) is 151 Å². The molecule has 0 fully saturated rings. The van der Waals surface area contributed by atoms with E-state index in [0.29, 0.717) is 5.56 Å². The number of nitriles is 1. The quantitative estimate of drug-likeness (QED) is 0.0875. The molecule has 0 aliphatic rings. The van der Waals surface area contributed by atoms with E-state index in [1.165, 1.54) is 26.9 Å². The molecule has 7 aromatic carbocycles. The third-order valence-corrected chi connectivity index (χ3v) is 8.19. The van der Waals surface area contributed by atoms with E-state index in [1.807, 2.05) is 66.9 Å². The highest BCUT2D eigenvalue weighted by atomic mass is 15.1. The van der Waals surface area contributed by atoms with Crippen LogP contribution in [0.3, 0.4) is 0 Å². The lowest BCUT2D eigenvalue weighted by molar-refractivity contribution is 0.467. The molecule has 0 aromatic heterocycles. The maximum Gasteiger partial charge on any atom is 0.127 e. The average molecular weight is 567 g/mol. The smallest absolute Gasteiger partial charge is 0.127 e. The third kappa shape index (κ3) is 5.34. The molecule has 0 radical (unpaired) electrons. The number of nitrogens with one attached hydrogen (secondary N) is 1. The van der Waals surface area contributed by atoms with Crippen LogP contribution in [0.4, 0.5) is 0 Å². The normalized spacial score (nSPS) is 12.9. The van der Waals surface area contributed by atoms with Crippen LogP contribution in [0.1, 0.15) is 34.6 Å². The standard InChI is InChI=1S/C40H30N4/c41-25-27-17-19-28(20-18-27)31-13-8-14-34(23-31)40(44-39(42)30-10-2-1-3-11-30)43-26-37-35-15-6-5-12-32(35)24-33-22-21-29-9-4-7-16-36(29)38(33)37/h1-24,26,39-40,44H,42H2/b43-26+. The van der Waals surface area contributed by atoms with Crippen molar-refractivity contribution in [3.05, 3.63) is 168 Å². The van der Waals surface area contributed by atoms with Gasteiger partial charge in [-0.25, -0.2) is 0 Å². The monoisotopic (exact) mass is 566 g/mol. The molecule has 2 atom stereocenters. The van der Waals surface area contributed by atoms with Gasteiger partial charge in [0.05, 0.1) is 17.8 Å². The summed E-state index contributed by atoms with van der Waals surface area (Å²) in [6, 6.07) is 51.9. The van der Waals surface area contributed by atoms with Gasteiger partial charge in [-0.15, -0.1) is 0 Å². The highest BCUT2D eigenvalue weighted by Crippen LogP contribution is 2.34. The van der Waals surface area contributed by atoms with Gasteiger partial charge >= 0.3 is 0 Å². The molecule has 4 nitrogen and oxygen atoms in total. The molecule has 44 heavy (non-hydrogen) atoms. The lowest BCUT2D eigenvalue weighted by Crippen LogP contribution is -2.31.